The van der Waals surface area contributed by atoms with Crippen LogP contribution >= 0.6 is 0 Å². The van der Waals surface area contributed by atoms with E-state index < -0.39 is 0 Å². The monoisotopic (exact) mass is 344 g/mol. The average Bonchev–Trinajstić information content (AvgIpc) is 2.70. The van der Waals surface area contributed by atoms with Gasteiger partial charge in [-0.1, -0.05) is 111 Å². The number of unbranched alkanes of at least 4 members (excludes halogenated alkanes) is 3. The zero-order chi connectivity index (χ0) is 18.2. The second-order valence-electron chi connectivity index (χ2n) is 6.97. The van der Waals surface area contributed by atoms with Gasteiger partial charge >= 0.3 is 0 Å². The Labute approximate surface area is 157 Å². The largest absolute Gasteiger partial charge is 0.508 e. The van der Waals surface area contributed by atoms with Gasteiger partial charge in [-0.15, -0.1) is 0 Å². The number of hydrogen-bond donors (Lipinski definition) is 1. The summed E-state index contributed by atoms with van der Waals surface area (Å²) in [5.41, 5.74) is 3.14. The Morgan fingerprint density at radius 1 is 0.654 bits per heavy atom. The third-order valence-electron chi connectivity index (χ3n) is 5.30. The van der Waals surface area contributed by atoms with Crippen LogP contribution in [0.1, 0.15) is 55.7 Å². The lowest BCUT2D eigenvalue weighted by molar-refractivity contribution is 0.437. The first-order valence-corrected chi connectivity index (χ1v) is 9.68. The van der Waals surface area contributed by atoms with Gasteiger partial charge in [0, 0.05) is 11.0 Å². The molecule has 0 aliphatic carbocycles. The van der Waals surface area contributed by atoms with Crippen LogP contribution in [-0.4, -0.2) is 5.11 Å². The van der Waals surface area contributed by atoms with Crippen molar-refractivity contribution in [1.29, 1.82) is 0 Å². The van der Waals surface area contributed by atoms with Gasteiger partial charge < -0.3 is 5.11 Å². The van der Waals surface area contributed by atoms with Crippen molar-refractivity contribution in [3.63, 3.8) is 0 Å². The Bertz CT molecular complexity index is 753. The summed E-state index contributed by atoms with van der Waals surface area (Å²) in [5, 5.41) is 10.8. The van der Waals surface area contributed by atoms with E-state index in [1.54, 1.807) is 0 Å². The summed E-state index contributed by atoms with van der Waals surface area (Å²) in [7, 11) is 0. The molecule has 0 heterocycles. The van der Waals surface area contributed by atoms with Gasteiger partial charge in [-0.05, 0) is 23.6 Å². The van der Waals surface area contributed by atoms with Crippen molar-refractivity contribution in [2.45, 2.75) is 44.4 Å². The molecule has 0 aromatic heterocycles. The highest BCUT2D eigenvalue weighted by Gasteiger charge is 2.37. The van der Waals surface area contributed by atoms with Crippen LogP contribution < -0.4 is 0 Å². The molecular weight excluding hydrogens is 316 g/mol. The molecule has 1 heteroatoms. The van der Waals surface area contributed by atoms with Gasteiger partial charge in [0.1, 0.15) is 5.75 Å². The van der Waals surface area contributed by atoms with Crippen molar-refractivity contribution < 1.29 is 5.11 Å². The maximum absolute atomic E-state index is 10.8. The molecule has 3 rings (SSSR count). The summed E-state index contributed by atoms with van der Waals surface area (Å²) in [6.07, 6.45) is 5.80. The third-order valence-corrected chi connectivity index (χ3v) is 5.30. The van der Waals surface area contributed by atoms with Crippen molar-refractivity contribution in [3.05, 3.63) is 102 Å². The van der Waals surface area contributed by atoms with E-state index in [9.17, 15) is 5.11 Å². The molecule has 134 valence electrons. The molecule has 1 N–H and O–H groups in total. The van der Waals surface area contributed by atoms with E-state index in [1.807, 2.05) is 18.2 Å². The molecule has 0 saturated carbocycles. The number of aromatic hydroxyl groups is 1. The minimum Gasteiger partial charge on any atom is -0.508 e. The quantitative estimate of drug-likeness (QED) is 0.356. The number of phenolic OH excluding ortho intramolecular Hbond substituents is 1. The molecule has 0 aliphatic heterocycles. The predicted molar refractivity (Wildman–Crippen MR) is 110 cm³/mol. The third kappa shape index (κ3) is 3.67. The molecule has 0 fully saturated rings. The molecule has 3 aromatic rings. The molecule has 0 amide bonds. The predicted octanol–water partition coefficient (Wildman–Crippen LogP) is 6.70. The Kier molecular flexibility index (Phi) is 6.12. The van der Waals surface area contributed by atoms with Crippen molar-refractivity contribution in [3.8, 4) is 5.75 Å². The number of para-hydroxylation sites is 1. The molecule has 0 aliphatic rings. The number of hydrogen-bond acceptors (Lipinski definition) is 1. The minimum absolute atomic E-state index is 0.332. The Morgan fingerprint density at radius 2 is 1.19 bits per heavy atom. The molecule has 0 spiro atoms. The van der Waals surface area contributed by atoms with Gasteiger partial charge in [-0.2, -0.15) is 0 Å². The molecule has 1 nitrogen and oxygen atoms in total. The molecule has 3 aromatic carbocycles. The first-order valence-electron chi connectivity index (χ1n) is 9.68. The van der Waals surface area contributed by atoms with Crippen LogP contribution in [-0.2, 0) is 5.41 Å². The standard InChI is InChI=1S/C25H28O/c1-2-3-4-13-20-25(21-14-7-5-8-15-21,22-16-9-6-10-17-22)23-18-11-12-19-24(23)26/h5-12,14-19,26H,2-4,13,20H2,1H3. The van der Waals surface area contributed by atoms with Crippen LogP contribution in [0.25, 0.3) is 0 Å². The van der Waals surface area contributed by atoms with Crippen molar-refractivity contribution in [2.75, 3.05) is 0 Å². The fraction of sp³-hybridized carbons (Fsp3) is 0.280. The molecular formula is C25H28O. The average molecular weight is 344 g/mol. The van der Waals surface area contributed by atoms with Crippen LogP contribution in [0.3, 0.4) is 0 Å². The SMILES string of the molecule is CCCCCCC(c1ccccc1)(c1ccccc1)c1ccccc1O. The van der Waals surface area contributed by atoms with Crippen LogP contribution in [0.15, 0.2) is 84.9 Å². The maximum atomic E-state index is 10.8. The maximum Gasteiger partial charge on any atom is 0.120 e. The van der Waals surface area contributed by atoms with E-state index in [0.717, 1.165) is 18.4 Å². The lowest BCUT2D eigenvalue weighted by Crippen LogP contribution is -2.29. The topological polar surface area (TPSA) is 20.2 Å². The number of benzene rings is 3. The minimum atomic E-state index is -0.332. The lowest BCUT2D eigenvalue weighted by atomic mass is 9.66. The van der Waals surface area contributed by atoms with Gasteiger partial charge in [0.15, 0.2) is 0 Å². The second-order valence-corrected chi connectivity index (χ2v) is 6.97. The van der Waals surface area contributed by atoms with Gasteiger partial charge in [0.05, 0.1) is 0 Å². The summed E-state index contributed by atoms with van der Waals surface area (Å²) in [6, 6.07) is 29.1. The van der Waals surface area contributed by atoms with Crippen LogP contribution in [0.2, 0.25) is 0 Å². The normalized spacial score (nSPS) is 11.4. The van der Waals surface area contributed by atoms with Gasteiger partial charge in [0.2, 0.25) is 0 Å². The van der Waals surface area contributed by atoms with Crippen LogP contribution in [0, 0.1) is 0 Å². The van der Waals surface area contributed by atoms with E-state index in [1.165, 1.54) is 30.4 Å². The van der Waals surface area contributed by atoms with Gasteiger partial charge in [-0.3, -0.25) is 0 Å². The second kappa shape index (κ2) is 8.71. The smallest absolute Gasteiger partial charge is 0.120 e. The zero-order valence-electron chi connectivity index (χ0n) is 15.6. The molecule has 0 bridgehead atoms. The summed E-state index contributed by atoms with van der Waals surface area (Å²) in [6.45, 7) is 2.24. The number of phenols is 1. The highest BCUT2D eigenvalue weighted by Crippen LogP contribution is 2.46. The lowest BCUT2D eigenvalue weighted by Gasteiger charge is -2.36. The van der Waals surface area contributed by atoms with E-state index in [0.29, 0.717) is 5.75 Å². The van der Waals surface area contributed by atoms with Gasteiger partial charge in [0.25, 0.3) is 0 Å². The molecule has 0 saturated heterocycles. The summed E-state index contributed by atoms with van der Waals surface area (Å²) in [5.74, 6) is 0.371. The van der Waals surface area contributed by atoms with E-state index in [-0.39, 0.29) is 5.41 Å². The zero-order valence-corrected chi connectivity index (χ0v) is 15.6. The molecule has 0 atom stereocenters. The molecule has 0 unspecified atom stereocenters. The van der Waals surface area contributed by atoms with E-state index >= 15 is 0 Å². The summed E-state index contributed by atoms with van der Waals surface area (Å²) in [4.78, 5) is 0. The first-order chi connectivity index (χ1) is 12.8. The van der Waals surface area contributed by atoms with Crippen molar-refractivity contribution in [2.24, 2.45) is 0 Å². The Balaban J connectivity index is 2.19. The highest BCUT2D eigenvalue weighted by atomic mass is 16.3. The van der Waals surface area contributed by atoms with Gasteiger partial charge in [-0.25, -0.2) is 0 Å². The fourth-order valence-corrected chi connectivity index (χ4v) is 4.00. The summed E-state index contributed by atoms with van der Waals surface area (Å²) < 4.78 is 0. The summed E-state index contributed by atoms with van der Waals surface area (Å²) >= 11 is 0. The van der Waals surface area contributed by atoms with E-state index in [2.05, 4.69) is 73.7 Å². The fourth-order valence-electron chi connectivity index (χ4n) is 4.00. The van der Waals surface area contributed by atoms with Crippen molar-refractivity contribution >= 4 is 0 Å². The van der Waals surface area contributed by atoms with Crippen molar-refractivity contribution in [1.82, 2.24) is 0 Å². The molecule has 26 heavy (non-hydrogen) atoms. The van der Waals surface area contributed by atoms with E-state index in [4.69, 9.17) is 0 Å². The Hall–Kier alpha value is -2.54. The first kappa shape index (κ1) is 18.3. The van der Waals surface area contributed by atoms with Crippen LogP contribution in [0.5, 0.6) is 5.75 Å². The molecule has 0 radical (unpaired) electrons. The number of rotatable bonds is 8. The van der Waals surface area contributed by atoms with Crippen LogP contribution in [0.4, 0.5) is 0 Å². The Morgan fingerprint density at radius 3 is 1.73 bits per heavy atom. The highest BCUT2D eigenvalue weighted by molar-refractivity contribution is 5.54.